The number of nitrogens with zero attached hydrogens (tertiary/aromatic N) is 4. The van der Waals surface area contributed by atoms with Gasteiger partial charge in [0, 0.05) is 37.6 Å². The van der Waals surface area contributed by atoms with Crippen LogP contribution in [0.4, 0.5) is 5.82 Å². The van der Waals surface area contributed by atoms with Crippen LogP contribution in [0.25, 0.3) is 11.4 Å². The van der Waals surface area contributed by atoms with Gasteiger partial charge in [-0.2, -0.15) is 5.10 Å². The lowest BCUT2D eigenvalue weighted by Gasteiger charge is -2.17. The molecule has 2 N–H and O–H groups in total. The Morgan fingerprint density at radius 2 is 2.08 bits per heavy atom. The maximum Gasteiger partial charge on any atom is 0.251 e. The standard InChI is InChI=1S/C19H22N6O/c1-4-15(16-8-11-22-25(16)3)23-19(26)14-7-5-6-13(12-14)18-21-10-9-17(20-2)24-18/h5-12,15H,4H2,1-3H3,(H,23,26)(H,20,21,24)/t15-/m0/s1. The lowest BCUT2D eigenvalue weighted by molar-refractivity contribution is 0.0934. The molecule has 2 aromatic heterocycles. The van der Waals surface area contributed by atoms with Gasteiger partial charge in [0.1, 0.15) is 5.82 Å². The largest absolute Gasteiger partial charge is 0.373 e. The molecule has 0 unspecified atom stereocenters. The molecule has 0 aliphatic rings. The Bertz CT molecular complexity index is 904. The number of carbonyl (C=O) groups is 1. The van der Waals surface area contributed by atoms with Crippen LogP contribution in [0, 0.1) is 0 Å². The highest BCUT2D eigenvalue weighted by atomic mass is 16.1. The van der Waals surface area contributed by atoms with Crippen molar-refractivity contribution in [3.8, 4) is 11.4 Å². The van der Waals surface area contributed by atoms with E-state index in [4.69, 9.17) is 0 Å². The van der Waals surface area contributed by atoms with Gasteiger partial charge in [-0.3, -0.25) is 9.48 Å². The fourth-order valence-corrected chi connectivity index (χ4v) is 2.79. The number of hydrogen-bond donors (Lipinski definition) is 2. The van der Waals surface area contributed by atoms with E-state index in [1.807, 2.05) is 32.2 Å². The summed E-state index contributed by atoms with van der Waals surface area (Å²) >= 11 is 0. The van der Waals surface area contributed by atoms with Crippen LogP contribution in [-0.4, -0.2) is 32.7 Å². The molecule has 1 aromatic carbocycles. The number of amides is 1. The zero-order valence-corrected chi connectivity index (χ0v) is 15.1. The number of hydrogen-bond acceptors (Lipinski definition) is 5. The van der Waals surface area contributed by atoms with E-state index in [1.54, 1.807) is 42.3 Å². The second-order valence-electron chi connectivity index (χ2n) is 5.91. The van der Waals surface area contributed by atoms with Crippen LogP contribution in [0.1, 0.15) is 35.4 Å². The first-order chi connectivity index (χ1) is 12.6. The van der Waals surface area contributed by atoms with Gasteiger partial charge in [0.2, 0.25) is 0 Å². The molecule has 0 aliphatic carbocycles. The number of aromatic nitrogens is 4. The Balaban J connectivity index is 1.83. The van der Waals surface area contributed by atoms with Crippen molar-refractivity contribution < 1.29 is 4.79 Å². The summed E-state index contributed by atoms with van der Waals surface area (Å²) in [5, 5.41) is 10.2. The van der Waals surface area contributed by atoms with Crippen LogP contribution >= 0.6 is 0 Å². The van der Waals surface area contributed by atoms with Crippen molar-refractivity contribution in [1.29, 1.82) is 0 Å². The molecule has 0 spiro atoms. The van der Waals surface area contributed by atoms with E-state index in [2.05, 4.69) is 25.7 Å². The highest BCUT2D eigenvalue weighted by molar-refractivity contribution is 5.95. The zero-order valence-electron chi connectivity index (χ0n) is 15.1. The number of rotatable bonds is 6. The highest BCUT2D eigenvalue weighted by Crippen LogP contribution is 2.20. The van der Waals surface area contributed by atoms with E-state index in [1.165, 1.54) is 0 Å². The highest BCUT2D eigenvalue weighted by Gasteiger charge is 2.17. The Hall–Kier alpha value is -3.22. The second-order valence-corrected chi connectivity index (χ2v) is 5.91. The smallest absolute Gasteiger partial charge is 0.251 e. The van der Waals surface area contributed by atoms with Gasteiger partial charge in [0.15, 0.2) is 5.82 Å². The molecule has 0 fully saturated rings. The van der Waals surface area contributed by atoms with Gasteiger partial charge >= 0.3 is 0 Å². The molecule has 7 nitrogen and oxygen atoms in total. The predicted molar refractivity (Wildman–Crippen MR) is 101 cm³/mol. The minimum absolute atomic E-state index is 0.0949. The van der Waals surface area contributed by atoms with E-state index in [9.17, 15) is 4.79 Å². The van der Waals surface area contributed by atoms with Gasteiger partial charge in [-0.15, -0.1) is 0 Å². The van der Waals surface area contributed by atoms with Crippen molar-refractivity contribution in [2.75, 3.05) is 12.4 Å². The first-order valence-corrected chi connectivity index (χ1v) is 8.52. The van der Waals surface area contributed by atoms with Gasteiger partial charge in [0.05, 0.1) is 11.7 Å². The van der Waals surface area contributed by atoms with Crippen LogP contribution in [0.15, 0.2) is 48.8 Å². The molecule has 0 saturated heterocycles. The van der Waals surface area contributed by atoms with Crippen molar-refractivity contribution in [2.45, 2.75) is 19.4 Å². The molecule has 0 bridgehead atoms. The van der Waals surface area contributed by atoms with Crippen molar-refractivity contribution in [2.24, 2.45) is 7.05 Å². The Morgan fingerprint density at radius 3 is 2.77 bits per heavy atom. The van der Waals surface area contributed by atoms with Crippen LogP contribution in [-0.2, 0) is 7.05 Å². The minimum Gasteiger partial charge on any atom is -0.373 e. The van der Waals surface area contributed by atoms with Crippen molar-refractivity contribution in [3.05, 3.63) is 60.0 Å². The van der Waals surface area contributed by atoms with Crippen LogP contribution in [0.5, 0.6) is 0 Å². The molecular formula is C19H22N6O. The fourth-order valence-electron chi connectivity index (χ4n) is 2.79. The number of nitrogens with one attached hydrogen (secondary N) is 2. The van der Waals surface area contributed by atoms with E-state index in [0.717, 1.165) is 23.5 Å². The Kier molecular flexibility index (Phi) is 5.26. The summed E-state index contributed by atoms with van der Waals surface area (Å²) in [7, 11) is 3.68. The SMILES string of the molecule is CC[C@H](NC(=O)c1cccc(-c2nccc(NC)n2)c1)c1ccnn1C. The normalized spacial score (nSPS) is 11.8. The molecule has 3 aromatic rings. The van der Waals surface area contributed by atoms with Gasteiger partial charge in [-0.1, -0.05) is 19.1 Å². The topological polar surface area (TPSA) is 84.7 Å². The van der Waals surface area contributed by atoms with Crippen molar-refractivity contribution >= 4 is 11.7 Å². The second kappa shape index (κ2) is 7.77. The third kappa shape index (κ3) is 3.72. The van der Waals surface area contributed by atoms with Gasteiger partial charge in [-0.25, -0.2) is 9.97 Å². The van der Waals surface area contributed by atoms with E-state index in [0.29, 0.717) is 11.4 Å². The number of aryl methyl sites for hydroxylation is 1. The first kappa shape index (κ1) is 17.6. The average Bonchev–Trinajstić information content (AvgIpc) is 3.11. The van der Waals surface area contributed by atoms with Crippen LogP contribution in [0.2, 0.25) is 0 Å². The molecular weight excluding hydrogens is 328 g/mol. The number of carbonyl (C=O) groups excluding carboxylic acids is 1. The van der Waals surface area contributed by atoms with Crippen molar-refractivity contribution in [3.63, 3.8) is 0 Å². The van der Waals surface area contributed by atoms with Gasteiger partial charge < -0.3 is 10.6 Å². The summed E-state index contributed by atoms with van der Waals surface area (Å²) in [5.74, 6) is 1.17. The van der Waals surface area contributed by atoms with E-state index in [-0.39, 0.29) is 11.9 Å². The van der Waals surface area contributed by atoms with Gasteiger partial charge in [0.25, 0.3) is 5.91 Å². The maximum absolute atomic E-state index is 12.7. The molecule has 3 rings (SSSR count). The van der Waals surface area contributed by atoms with Crippen LogP contribution in [0.3, 0.4) is 0 Å². The molecule has 1 amide bonds. The van der Waals surface area contributed by atoms with Gasteiger partial charge in [-0.05, 0) is 30.7 Å². The number of anilines is 1. The summed E-state index contributed by atoms with van der Waals surface area (Å²) in [6, 6.07) is 10.9. The molecule has 134 valence electrons. The van der Waals surface area contributed by atoms with Crippen LogP contribution < -0.4 is 10.6 Å². The number of benzene rings is 1. The van der Waals surface area contributed by atoms with Crippen molar-refractivity contribution in [1.82, 2.24) is 25.1 Å². The summed E-state index contributed by atoms with van der Waals surface area (Å²) in [6.45, 7) is 2.03. The fraction of sp³-hybridized carbons (Fsp3) is 0.263. The third-order valence-electron chi connectivity index (χ3n) is 4.22. The Morgan fingerprint density at radius 1 is 1.23 bits per heavy atom. The maximum atomic E-state index is 12.7. The lowest BCUT2D eigenvalue weighted by Crippen LogP contribution is -2.29. The molecule has 0 aliphatic heterocycles. The van der Waals surface area contributed by atoms with E-state index < -0.39 is 0 Å². The quantitative estimate of drug-likeness (QED) is 0.714. The lowest BCUT2D eigenvalue weighted by atomic mass is 10.1. The monoisotopic (exact) mass is 350 g/mol. The minimum atomic E-state index is -0.135. The summed E-state index contributed by atoms with van der Waals surface area (Å²) in [5.41, 5.74) is 2.34. The zero-order chi connectivity index (χ0) is 18.5. The molecule has 26 heavy (non-hydrogen) atoms. The first-order valence-electron chi connectivity index (χ1n) is 8.52. The Labute approximate surface area is 152 Å². The third-order valence-corrected chi connectivity index (χ3v) is 4.22. The van der Waals surface area contributed by atoms with E-state index >= 15 is 0 Å². The molecule has 1 atom stereocenters. The summed E-state index contributed by atoms with van der Waals surface area (Å²) in [4.78, 5) is 21.5. The summed E-state index contributed by atoms with van der Waals surface area (Å²) in [6.07, 6.45) is 4.20. The molecule has 0 saturated carbocycles. The molecule has 0 radical (unpaired) electrons. The average molecular weight is 350 g/mol. The summed E-state index contributed by atoms with van der Waals surface area (Å²) < 4.78 is 1.78. The molecule has 7 heteroatoms. The molecule has 2 heterocycles. The predicted octanol–water partition coefficient (Wildman–Crippen LogP) is 2.80.